The lowest BCUT2D eigenvalue weighted by atomic mass is 10.3. The van der Waals surface area contributed by atoms with Crippen molar-refractivity contribution in [3.8, 4) is 0 Å². The SMILES string of the molecule is O=C(O)c1c(NS(=O)(=O)c2ccccc2)csc1Cl. The van der Waals surface area contributed by atoms with Crippen molar-refractivity contribution < 1.29 is 18.3 Å². The zero-order valence-corrected chi connectivity index (χ0v) is 11.7. The van der Waals surface area contributed by atoms with Gasteiger partial charge < -0.3 is 5.11 Å². The smallest absolute Gasteiger partial charge is 0.340 e. The first-order valence-electron chi connectivity index (χ1n) is 5.00. The van der Waals surface area contributed by atoms with Crippen LogP contribution >= 0.6 is 22.9 Å². The van der Waals surface area contributed by atoms with E-state index in [-0.39, 0.29) is 20.5 Å². The predicted molar refractivity (Wildman–Crippen MR) is 73.5 cm³/mol. The molecule has 5 nitrogen and oxygen atoms in total. The van der Waals surface area contributed by atoms with E-state index in [2.05, 4.69) is 4.72 Å². The first-order valence-corrected chi connectivity index (χ1v) is 7.74. The summed E-state index contributed by atoms with van der Waals surface area (Å²) in [5.74, 6) is -1.28. The topological polar surface area (TPSA) is 83.5 Å². The quantitative estimate of drug-likeness (QED) is 0.908. The number of nitrogens with one attached hydrogen (secondary N) is 1. The van der Waals surface area contributed by atoms with E-state index in [1.54, 1.807) is 18.2 Å². The summed E-state index contributed by atoms with van der Waals surface area (Å²) in [5, 5.41) is 10.3. The van der Waals surface area contributed by atoms with Gasteiger partial charge in [0, 0.05) is 5.38 Å². The van der Waals surface area contributed by atoms with Crippen LogP contribution in [-0.2, 0) is 10.0 Å². The van der Waals surface area contributed by atoms with Crippen molar-refractivity contribution in [1.82, 2.24) is 0 Å². The number of carboxylic acid groups (broad SMARTS) is 1. The Morgan fingerprint density at radius 2 is 1.89 bits per heavy atom. The molecule has 0 fully saturated rings. The van der Waals surface area contributed by atoms with E-state index in [1.807, 2.05) is 0 Å². The second-order valence-electron chi connectivity index (χ2n) is 3.52. The van der Waals surface area contributed by atoms with E-state index in [9.17, 15) is 13.2 Å². The zero-order chi connectivity index (χ0) is 14.0. The van der Waals surface area contributed by atoms with Crippen molar-refractivity contribution in [2.45, 2.75) is 4.90 Å². The highest BCUT2D eigenvalue weighted by atomic mass is 35.5. The van der Waals surface area contributed by atoms with Crippen LogP contribution in [0.5, 0.6) is 0 Å². The summed E-state index contributed by atoms with van der Waals surface area (Å²) in [6, 6.07) is 7.66. The van der Waals surface area contributed by atoms with Gasteiger partial charge in [-0.2, -0.15) is 0 Å². The molecule has 2 N–H and O–H groups in total. The third-order valence-electron chi connectivity index (χ3n) is 2.26. The predicted octanol–water partition coefficient (Wildman–Crippen LogP) is 2.90. The van der Waals surface area contributed by atoms with E-state index in [1.165, 1.54) is 17.5 Å². The number of benzene rings is 1. The number of hydrogen-bond donors (Lipinski definition) is 2. The molecule has 0 aliphatic heterocycles. The van der Waals surface area contributed by atoms with Gasteiger partial charge >= 0.3 is 5.97 Å². The summed E-state index contributed by atoms with van der Waals surface area (Å²) in [5.41, 5.74) is -0.280. The summed E-state index contributed by atoms with van der Waals surface area (Å²) in [6.45, 7) is 0. The Kier molecular flexibility index (Phi) is 3.79. The number of sulfonamides is 1. The molecule has 19 heavy (non-hydrogen) atoms. The van der Waals surface area contributed by atoms with Crippen LogP contribution in [0.2, 0.25) is 4.34 Å². The Morgan fingerprint density at radius 3 is 2.47 bits per heavy atom. The standard InChI is InChI=1S/C11H8ClNO4S2/c12-10-9(11(14)15)8(6-18-10)13-19(16,17)7-4-2-1-3-5-7/h1-6,13H,(H,14,15). The molecule has 0 radical (unpaired) electrons. The number of anilines is 1. The number of carboxylic acids is 1. The van der Waals surface area contributed by atoms with Crippen molar-refractivity contribution in [3.63, 3.8) is 0 Å². The molecule has 0 aliphatic carbocycles. The lowest BCUT2D eigenvalue weighted by molar-refractivity contribution is 0.0699. The molecular weight excluding hydrogens is 310 g/mol. The maximum Gasteiger partial charge on any atom is 0.340 e. The Hall–Kier alpha value is -1.57. The van der Waals surface area contributed by atoms with Gasteiger partial charge in [-0.05, 0) is 12.1 Å². The van der Waals surface area contributed by atoms with Crippen LogP contribution in [0.3, 0.4) is 0 Å². The van der Waals surface area contributed by atoms with E-state index in [4.69, 9.17) is 16.7 Å². The Bertz CT molecular complexity index is 710. The minimum Gasteiger partial charge on any atom is -0.478 e. The Morgan fingerprint density at radius 1 is 1.26 bits per heavy atom. The maximum absolute atomic E-state index is 12.0. The van der Waals surface area contributed by atoms with E-state index in [0.717, 1.165) is 11.3 Å². The number of hydrogen-bond acceptors (Lipinski definition) is 4. The van der Waals surface area contributed by atoms with Gasteiger partial charge in [-0.15, -0.1) is 11.3 Å². The molecule has 0 saturated heterocycles. The number of halogens is 1. The minimum atomic E-state index is -3.82. The van der Waals surface area contributed by atoms with Crippen LogP contribution in [0.25, 0.3) is 0 Å². The molecule has 2 rings (SSSR count). The largest absolute Gasteiger partial charge is 0.478 e. The van der Waals surface area contributed by atoms with Crippen LogP contribution in [0.15, 0.2) is 40.6 Å². The van der Waals surface area contributed by atoms with Crippen molar-refractivity contribution >= 4 is 44.6 Å². The van der Waals surface area contributed by atoms with Crippen LogP contribution in [0.4, 0.5) is 5.69 Å². The molecule has 1 aromatic heterocycles. The molecule has 0 spiro atoms. The molecule has 0 atom stereocenters. The lowest BCUT2D eigenvalue weighted by Gasteiger charge is -2.07. The van der Waals surface area contributed by atoms with E-state index < -0.39 is 16.0 Å². The summed E-state index contributed by atoms with van der Waals surface area (Å²) >= 11 is 6.67. The molecule has 2 aromatic rings. The summed E-state index contributed by atoms with van der Waals surface area (Å²) in [4.78, 5) is 11.1. The fraction of sp³-hybridized carbons (Fsp3) is 0. The molecule has 0 bridgehead atoms. The molecule has 0 aliphatic rings. The molecule has 0 saturated carbocycles. The third-order valence-corrected chi connectivity index (χ3v) is 4.86. The van der Waals surface area contributed by atoms with Crippen LogP contribution in [0.1, 0.15) is 10.4 Å². The molecule has 1 heterocycles. The van der Waals surface area contributed by atoms with Crippen LogP contribution in [0, 0.1) is 0 Å². The van der Waals surface area contributed by atoms with Gasteiger partial charge in [0.25, 0.3) is 10.0 Å². The zero-order valence-electron chi connectivity index (χ0n) is 9.33. The highest BCUT2D eigenvalue weighted by Crippen LogP contribution is 2.33. The van der Waals surface area contributed by atoms with Gasteiger partial charge in [0.05, 0.1) is 10.6 Å². The summed E-state index contributed by atoms with van der Waals surface area (Å²) < 4.78 is 26.3. The van der Waals surface area contributed by atoms with Gasteiger partial charge in [-0.25, -0.2) is 13.2 Å². The molecule has 0 amide bonds. The number of thiophene rings is 1. The van der Waals surface area contributed by atoms with Crippen molar-refractivity contribution in [3.05, 3.63) is 45.6 Å². The lowest BCUT2D eigenvalue weighted by Crippen LogP contribution is -2.14. The average molecular weight is 318 g/mol. The third kappa shape index (κ3) is 2.89. The highest BCUT2D eigenvalue weighted by Gasteiger charge is 2.22. The fourth-order valence-corrected chi connectivity index (χ4v) is 3.60. The average Bonchev–Trinajstić information content (AvgIpc) is 2.71. The molecule has 100 valence electrons. The van der Waals surface area contributed by atoms with E-state index >= 15 is 0 Å². The van der Waals surface area contributed by atoms with Crippen molar-refractivity contribution in [2.24, 2.45) is 0 Å². The summed E-state index contributed by atoms with van der Waals surface area (Å²) in [6.07, 6.45) is 0. The monoisotopic (exact) mass is 317 g/mol. The summed E-state index contributed by atoms with van der Waals surface area (Å²) in [7, 11) is -3.82. The number of rotatable bonds is 4. The first kappa shape index (κ1) is 13.9. The van der Waals surface area contributed by atoms with Gasteiger partial charge in [0.2, 0.25) is 0 Å². The van der Waals surface area contributed by atoms with E-state index in [0.29, 0.717) is 0 Å². The van der Waals surface area contributed by atoms with Gasteiger partial charge in [-0.3, -0.25) is 4.72 Å². The van der Waals surface area contributed by atoms with Gasteiger partial charge in [0.15, 0.2) is 0 Å². The van der Waals surface area contributed by atoms with Crippen LogP contribution < -0.4 is 4.72 Å². The molecule has 0 unspecified atom stereocenters. The minimum absolute atomic E-state index is 0.0262. The maximum atomic E-state index is 12.0. The molecular formula is C11H8ClNO4S2. The Labute approximate surface area is 118 Å². The number of carbonyl (C=O) groups is 1. The molecule has 8 heteroatoms. The second-order valence-corrected chi connectivity index (χ2v) is 6.69. The fourth-order valence-electron chi connectivity index (χ4n) is 1.41. The van der Waals surface area contributed by atoms with Crippen molar-refractivity contribution in [2.75, 3.05) is 4.72 Å². The normalized spacial score (nSPS) is 11.2. The molecule has 1 aromatic carbocycles. The van der Waals surface area contributed by atoms with Gasteiger partial charge in [-0.1, -0.05) is 29.8 Å². The number of aromatic carboxylic acids is 1. The van der Waals surface area contributed by atoms with Crippen LogP contribution in [-0.4, -0.2) is 19.5 Å². The second kappa shape index (κ2) is 5.20. The van der Waals surface area contributed by atoms with Crippen molar-refractivity contribution in [1.29, 1.82) is 0 Å². The highest BCUT2D eigenvalue weighted by molar-refractivity contribution is 7.92. The first-order chi connectivity index (χ1) is 8.92. The van der Waals surface area contributed by atoms with Gasteiger partial charge in [0.1, 0.15) is 9.90 Å². The Balaban J connectivity index is 2.40.